The standard InChI is InChI=1S/C22H21F3N2O2S/c1-14(2)11-26-20(28)19-13-30-21(27-19)15-7-5-8-17(10-15)29-12-16-6-3-4-9-18(16)22(23,24)25/h3-10,13-14H,11-12H2,1-2H3,(H,26,28). The lowest BCUT2D eigenvalue weighted by Crippen LogP contribution is -2.27. The van der Waals surface area contributed by atoms with Crippen molar-refractivity contribution in [3.8, 4) is 16.3 Å². The Morgan fingerprint density at radius 3 is 2.67 bits per heavy atom. The maximum Gasteiger partial charge on any atom is 0.416 e. The highest BCUT2D eigenvalue weighted by atomic mass is 32.1. The summed E-state index contributed by atoms with van der Waals surface area (Å²) in [6, 6.07) is 12.3. The van der Waals surface area contributed by atoms with E-state index in [4.69, 9.17) is 4.74 Å². The van der Waals surface area contributed by atoms with Crippen LogP contribution in [0.15, 0.2) is 53.9 Å². The van der Waals surface area contributed by atoms with Gasteiger partial charge in [-0.3, -0.25) is 4.79 Å². The Morgan fingerprint density at radius 2 is 1.93 bits per heavy atom. The van der Waals surface area contributed by atoms with E-state index in [2.05, 4.69) is 10.3 Å². The summed E-state index contributed by atoms with van der Waals surface area (Å²) in [6.45, 7) is 4.37. The highest BCUT2D eigenvalue weighted by Gasteiger charge is 2.32. The number of benzene rings is 2. The molecule has 0 fully saturated rings. The first kappa shape index (κ1) is 21.8. The molecule has 1 amide bonds. The van der Waals surface area contributed by atoms with Crippen LogP contribution in [0, 0.1) is 5.92 Å². The molecule has 0 atom stereocenters. The maximum absolute atomic E-state index is 13.1. The van der Waals surface area contributed by atoms with Crippen LogP contribution in [-0.2, 0) is 12.8 Å². The van der Waals surface area contributed by atoms with Crippen molar-refractivity contribution in [2.75, 3.05) is 6.54 Å². The number of ether oxygens (including phenoxy) is 1. The van der Waals surface area contributed by atoms with Gasteiger partial charge in [-0.25, -0.2) is 4.98 Å². The molecule has 0 aliphatic carbocycles. The van der Waals surface area contributed by atoms with E-state index in [-0.39, 0.29) is 18.1 Å². The molecule has 30 heavy (non-hydrogen) atoms. The minimum absolute atomic E-state index is 0.0637. The molecule has 2 aromatic carbocycles. The molecule has 1 aromatic heterocycles. The van der Waals surface area contributed by atoms with Gasteiger partial charge in [-0.15, -0.1) is 11.3 Å². The average Bonchev–Trinajstić information content (AvgIpc) is 3.20. The molecule has 0 bridgehead atoms. The van der Waals surface area contributed by atoms with Crippen molar-refractivity contribution in [3.63, 3.8) is 0 Å². The highest BCUT2D eigenvalue weighted by Crippen LogP contribution is 2.33. The quantitative estimate of drug-likeness (QED) is 0.512. The summed E-state index contributed by atoms with van der Waals surface area (Å²) in [5, 5.41) is 5.13. The molecule has 158 valence electrons. The van der Waals surface area contributed by atoms with E-state index >= 15 is 0 Å². The van der Waals surface area contributed by atoms with E-state index < -0.39 is 11.7 Å². The Labute approximate surface area is 176 Å². The number of rotatable bonds is 7. The minimum Gasteiger partial charge on any atom is -0.489 e. The fourth-order valence-corrected chi connectivity index (χ4v) is 3.50. The lowest BCUT2D eigenvalue weighted by Gasteiger charge is -2.13. The van der Waals surface area contributed by atoms with Gasteiger partial charge in [0.1, 0.15) is 23.1 Å². The lowest BCUT2D eigenvalue weighted by molar-refractivity contribution is -0.138. The van der Waals surface area contributed by atoms with Gasteiger partial charge in [0, 0.05) is 23.1 Å². The van der Waals surface area contributed by atoms with E-state index in [9.17, 15) is 18.0 Å². The summed E-state index contributed by atoms with van der Waals surface area (Å²) < 4.78 is 45.0. The molecule has 0 saturated carbocycles. The molecule has 0 aliphatic rings. The number of amides is 1. The van der Waals surface area contributed by atoms with Gasteiger partial charge in [0.25, 0.3) is 5.91 Å². The lowest BCUT2D eigenvalue weighted by atomic mass is 10.1. The number of hydrogen-bond donors (Lipinski definition) is 1. The third-order valence-corrected chi connectivity index (χ3v) is 5.10. The number of aromatic nitrogens is 1. The first-order chi connectivity index (χ1) is 14.2. The second-order valence-electron chi connectivity index (χ2n) is 7.11. The van der Waals surface area contributed by atoms with E-state index in [0.29, 0.717) is 28.9 Å². The van der Waals surface area contributed by atoms with Crippen LogP contribution in [0.25, 0.3) is 10.6 Å². The predicted molar refractivity (Wildman–Crippen MR) is 110 cm³/mol. The number of alkyl halides is 3. The van der Waals surface area contributed by atoms with Gasteiger partial charge >= 0.3 is 6.18 Å². The second kappa shape index (κ2) is 9.30. The van der Waals surface area contributed by atoms with E-state index in [0.717, 1.165) is 11.6 Å². The summed E-state index contributed by atoms with van der Waals surface area (Å²) >= 11 is 1.32. The van der Waals surface area contributed by atoms with Crippen LogP contribution in [0.5, 0.6) is 5.75 Å². The number of carbonyl (C=O) groups excluding carboxylic acids is 1. The Balaban J connectivity index is 1.71. The van der Waals surface area contributed by atoms with Crippen molar-refractivity contribution in [1.29, 1.82) is 0 Å². The van der Waals surface area contributed by atoms with Gasteiger partial charge in [0.15, 0.2) is 0 Å². The van der Waals surface area contributed by atoms with Crippen LogP contribution < -0.4 is 10.1 Å². The number of thiazole rings is 1. The molecule has 4 nitrogen and oxygen atoms in total. The molecular formula is C22H21F3N2O2S. The number of carbonyl (C=O) groups is 1. The zero-order valence-corrected chi connectivity index (χ0v) is 17.3. The Morgan fingerprint density at radius 1 is 1.17 bits per heavy atom. The van der Waals surface area contributed by atoms with Gasteiger partial charge in [0.2, 0.25) is 0 Å². The van der Waals surface area contributed by atoms with Crippen LogP contribution in [0.2, 0.25) is 0 Å². The van der Waals surface area contributed by atoms with Crippen molar-refractivity contribution < 1.29 is 22.7 Å². The fraction of sp³-hybridized carbons (Fsp3) is 0.273. The average molecular weight is 434 g/mol. The Bertz CT molecular complexity index is 1020. The minimum atomic E-state index is -4.44. The van der Waals surface area contributed by atoms with Crippen molar-refractivity contribution in [2.45, 2.75) is 26.6 Å². The zero-order valence-electron chi connectivity index (χ0n) is 16.5. The molecule has 1 N–H and O–H groups in total. The largest absolute Gasteiger partial charge is 0.489 e. The molecule has 0 saturated heterocycles. The molecular weight excluding hydrogens is 413 g/mol. The topological polar surface area (TPSA) is 51.2 Å². The van der Waals surface area contributed by atoms with Gasteiger partial charge in [-0.2, -0.15) is 13.2 Å². The summed E-state index contributed by atoms with van der Waals surface area (Å²) in [5.74, 6) is 0.524. The summed E-state index contributed by atoms with van der Waals surface area (Å²) in [5.41, 5.74) is 0.414. The summed E-state index contributed by atoms with van der Waals surface area (Å²) in [4.78, 5) is 16.5. The van der Waals surface area contributed by atoms with Crippen molar-refractivity contribution in [2.24, 2.45) is 5.92 Å². The predicted octanol–water partition coefficient (Wildman–Crippen LogP) is 5.79. The molecule has 3 aromatic rings. The van der Waals surface area contributed by atoms with Crippen molar-refractivity contribution in [1.82, 2.24) is 10.3 Å². The normalized spacial score (nSPS) is 11.5. The molecule has 0 spiro atoms. The van der Waals surface area contributed by atoms with E-state index in [1.54, 1.807) is 29.6 Å². The first-order valence-corrected chi connectivity index (χ1v) is 10.2. The zero-order chi connectivity index (χ0) is 21.7. The number of halogens is 3. The Hall–Kier alpha value is -2.87. The monoisotopic (exact) mass is 434 g/mol. The maximum atomic E-state index is 13.1. The molecule has 1 heterocycles. The molecule has 3 rings (SSSR count). The second-order valence-corrected chi connectivity index (χ2v) is 7.97. The fourth-order valence-electron chi connectivity index (χ4n) is 2.70. The van der Waals surface area contributed by atoms with Gasteiger partial charge in [-0.05, 0) is 24.1 Å². The van der Waals surface area contributed by atoms with Crippen molar-refractivity contribution in [3.05, 3.63) is 70.7 Å². The highest BCUT2D eigenvalue weighted by molar-refractivity contribution is 7.13. The first-order valence-electron chi connectivity index (χ1n) is 9.36. The smallest absolute Gasteiger partial charge is 0.416 e. The van der Waals surface area contributed by atoms with Gasteiger partial charge in [0.05, 0.1) is 5.56 Å². The molecule has 8 heteroatoms. The third-order valence-electron chi connectivity index (χ3n) is 4.21. The van der Waals surface area contributed by atoms with Crippen LogP contribution in [0.4, 0.5) is 13.2 Å². The Kier molecular flexibility index (Phi) is 6.77. The number of hydrogen-bond acceptors (Lipinski definition) is 4. The molecule has 0 aliphatic heterocycles. The van der Waals surface area contributed by atoms with E-state index in [1.807, 2.05) is 19.9 Å². The van der Waals surface area contributed by atoms with E-state index in [1.165, 1.54) is 23.5 Å². The van der Waals surface area contributed by atoms with Gasteiger partial charge < -0.3 is 10.1 Å². The number of nitrogens with zero attached hydrogens (tertiary/aromatic N) is 1. The molecule has 0 radical (unpaired) electrons. The molecule has 0 unspecified atom stereocenters. The van der Waals surface area contributed by atoms with Crippen LogP contribution in [0.3, 0.4) is 0 Å². The third kappa shape index (κ3) is 5.60. The van der Waals surface area contributed by atoms with Crippen LogP contribution in [0.1, 0.15) is 35.5 Å². The SMILES string of the molecule is CC(C)CNC(=O)c1csc(-c2cccc(OCc3ccccc3C(F)(F)F)c2)n1. The van der Waals surface area contributed by atoms with Crippen molar-refractivity contribution >= 4 is 17.2 Å². The summed E-state index contributed by atoms with van der Waals surface area (Å²) in [6.07, 6.45) is -4.44. The van der Waals surface area contributed by atoms with Crippen LogP contribution >= 0.6 is 11.3 Å². The van der Waals surface area contributed by atoms with Gasteiger partial charge in [-0.1, -0.05) is 44.2 Å². The number of nitrogens with one attached hydrogen (secondary N) is 1. The summed E-state index contributed by atoms with van der Waals surface area (Å²) in [7, 11) is 0. The van der Waals surface area contributed by atoms with Crippen LogP contribution in [-0.4, -0.2) is 17.4 Å².